The fourth-order valence-corrected chi connectivity index (χ4v) is 4.66. The van der Waals surface area contributed by atoms with Gasteiger partial charge in [-0.05, 0) is 67.5 Å². The maximum absolute atomic E-state index is 14.8. The van der Waals surface area contributed by atoms with Crippen LogP contribution in [0.3, 0.4) is 0 Å². The third-order valence-corrected chi connectivity index (χ3v) is 6.44. The van der Waals surface area contributed by atoms with Crippen molar-refractivity contribution in [1.82, 2.24) is 0 Å². The van der Waals surface area contributed by atoms with E-state index in [0.717, 1.165) is 12.3 Å². The van der Waals surface area contributed by atoms with Gasteiger partial charge >= 0.3 is 0 Å². The molecule has 2 aromatic rings. The molecule has 1 heterocycles. The standard InChI is InChI=1S/C24H27F3O2/c1-3-28-20-11-8-16-12-18(22(25)24(27)21(16)23(20)26)19-10-9-17(13-29-19)15-6-4-14(2)5-7-15/h8,10-12,14-15,17H,3-7,9,13H2,1-2H3. The predicted molar refractivity (Wildman–Crippen MR) is 108 cm³/mol. The summed E-state index contributed by atoms with van der Waals surface area (Å²) in [4.78, 5) is 0. The summed E-state index contributed by atoms with van der Waals surface area (Å²) in [7, 11) is 0. The summed E-state index contributed by atoms with van der Waals surface area (Å²) in [6.07, 6.45) is 7.57. The second-order valence-electron chi connectivity index (χ2n) is 8.36. The van der Waals surface area contributed by atoms with Crippen molar-refractivity contribution in [3.05, 3.63) is 47.3 Å². The molecule has 1 fully saturated rings. The van der Waals surface area contributed by atoms with E-state index in [4.69, 9.17) is 9.47 Å². The van der Waals surface area contributed by atoms with Gasteiger partial charge in [-0.3, -0.25) is 0 Å². The second kappa shape index (κ2) is 8.29. The van der Waals surface area contributed by atoms with Gasteiger partial charge < -0.3 is 9.47 Å². The number of hydrogen-bond acceptors (Lipinski definition) is 2. The lowest BCUT2D eigenvalue weighted by atomic mass is 9.75. The molecule has 0 spiro atoms. The Labute approximate surface area is 169 Å². The molecule has 2 aliphatic rings. The van der Waals surface area contributed by atoms with Crippen LogP contribution in [-0.4, -0.2) is 13.2 Å². The van der Waals surface area contributed by atoms with Crippen LogP contribution in [0.4, 0.5) is 13.2 Å². The zero-order valence-corrected chi connectivity index (χ0v) is 16.9. The van der Waals surface area contributed by atoms with Crippen molar-refractivity contribution >= 4 is 16.5 Å². The zero-order chi connectivity index (χ0) is 20.5. The first kappa shape index (κ1) is 20.1. The van der Waals surface area contributed by atoms with Gasteiger partial charge in [-0.1, -0.05) is 25.8 Å². The Bertz CT molecular complexity index is 930. The topological polar surface area (TPSA) is 18.5 Å². The fourth-order valence-electron chi connectivity index (χ4n) is 4.66. The quantitative estimate of drug-likeness (QED) is 0.554. The van der Waals surface area contributed by atoms with Crippen LogP contribution in [0.2, 0.25) is 0 Å². The molecule has 0 amide bonds. The molecule has 1 aliphatic heterocycles. The highest BCUT2D eigenvalue weighted by Crippen LogP contribution is 2.39. The van der Waals surface area contributed by atoms with Gasteiger partial charge in [-0.2, -0.15) is 0 Å². The number of allylic oxidation sites excluding steroid dienone is 1. The van der Waals surface area contributed by atoms with Crippen molar-refractivity contribution in [2.24, 2.45) is 17.8 Å². The molecule has 5 heteroatoms. The van der Waals surface area contributed by atoms with Crippen LogP contribution in [0.1, 0.15) is 51.5 Å². The maximum atomic E-state index is 14.8. The van der Waals surface area contributed by atoms with Gasteiger partial charge in [0.15, 0.2) is 23.2 Å². The van der Waals surface area contributed by atoms with Gasteiger partial charge in [0.05, 0.1) is 24.2 Å². The SMILES string of the molecule is CCOc1ccc2cc(C3=CCC(C4CCC(C)CC4)CO3)c(F)c(F)c2c1F. The fraction of sp³-hybridized carbons (Fsp3) is 0.500. The van der Waals surface area contributed by atoms with Crippen LogP contribution >= 0.6 is 0 Å². The average Bonchev–Trinajstić information content (AvgIpc) is 2.73. The van der Waals surface area contributed by atoms with E-state index in [1.165, 1.54) is 37.8 Å². The van der Waals surface area contributed by atoms with Crippen molar-refractivity contribution in [2.75, 3.05) is 13.2 Å². The normalized spacial score (nSPS) is 24.9. The lowest BCUT2D eigenvalue weighted by Crippen LogP contribution is -2.26. The van der Waals surface area contributed by atoms with E-state index in [1.807, 2.05) is 6.08 Å². The molecule has 0 N–H and O–H groups in total. The molecule has 1 saturated carbocycles. The predicted octanol–water partition coefficient (Wildman–Crippen LogP) is 6.86. The Hall–Kier alpha value is -2.17. The molecule has 1 atom stereocenters. The summed E-state index contributed by atoms with van der Waals surface area (Å²) < 4.78 is 55.2. The molecule has 0 bridgehead atoms. The van der Waals surface area contributed by atoms with Crippen LogP contribution in [0.5, 0.6) is 5.75 Å². The summed E-state index contributed by atoms with van der Waals surface area (Å²) in [5.74, 6) is -1.05. The highest BCUT2D eigenvalue weighted by atomic mass is 19.2. The summed E-state index contributed by atoms with van der Waals surface area (Å²) in [5.41, 5.74) is 0.0503. The first-order valence-electron chi connectivity index (χ1n) is 10.6. The highest BCUT2D eigenvalue weighted by Gasteiger charge is 2.30. The Morgan fingerprint density at radius 2 is 1.76 bits per heavy atom. The van der Waals surface area contributed by atoms with Crippen molar-refractivity contribution in [2.45, 2.75) is 46.0 Å². The van der Waals surface area contributed by atoms with Gasteiger partial charge in [0, 0.05) is 0 Å². The Balaban J connectivity index is 1.61. The molecule has 2 nitrogen and oxygen atoms in total. The molecule has 1 aliphatic carbocycles. The molecule has 0 aromatic heterocycles. The number of ether oxygens (including phenoxy) is 2. The lowest BCUT2D eigenvalue weighted by Gasteiger charge is -2.34. The van der Waals surface area contributed by atoms with Crippen LogP contribution in [0, 0.1) is 35.2 Å². The number of benzene rings is 2. The van der Waals surface area contributed by atoms with Gasteiger partial charge in [0.2, 0.25) is 0 Å². The monoisotopic (exact) mass is 404 g/mol. The van der Waals surface area contributed by atoms with Crippen LogP contribution in [-0.2, 0) is 4.74 Å². The molecule has 156 valence electrons. The lowest BCUT2D eigenvalue weighted by molar-refractivity contribution is 0.121. The van der Waals surface area contributed by atoms with Gasteiger partial charge in [0.1, 0.15) is 5.76 Å². The van der Waals surface area contributed by atoms with Crippen LogP contribution in [0.15, 0.2) is 24.3 Å². The minimum Gasteiger partial charge on any atom is -0.493 e. The van der Waals surface area contributed by atoms with E-state index in [2.05, 4.69) is 6.92 Å². The van der Waals surface area contributed by atoms with E-state index in [9.17, 15) is 13.2 Å². The average molecular weight is 404 g/mol. The summed E-state index contributed by atoms with van der Waals surface area (Å²) in [6.45, 7) is 4.76. The smallest absolute Gasteiger partial charge is 0.175 e. The first-order chi connectivity index (χ1) is 14.0. The van der Waals surface area contributed by atoms with E-state index in [0.29, 0.717) is 24.2 Å². The molecule has 0 radical (unpaired) electrons. The molecule has 2 aromatic carbocycles. The highest BCUT2D eigenvalue weighted by molar-refractivity contribution is 5.88. The number of rotatable bonds is 4. The van der Waals surface area contributed by atoms with Crippen LogP contribution < -0.4 is 4.74 Å². The molecule has 29 heavy (non-hydrogen) atoms. The summed E-state index contributed by atoms with van der Waals surface area (Å²) >= 11 is 0. The van der Waals surface area contributed by atoms with E-state index < -0.39 is 17.5 Å². The zero-order valence-electron chi connectivity index (χ0n) is 16.9. The van der Waals surface area contributed by atoms with Crippen molar-refractivity contribution in [3.8, 4) is 5.75 Å². The maximum Gasteiger partial charge on any atom is 0.175 e. The third kappa shape index (κ3) is 3.84. The van der Waals surface area contributed by atoms with E-state index in [-0.39, 0.29) is 28.7 Å². The number of hydrogen-bond donors (Lipinski definition) is 0. The minimum absolute atomic E-state index is 0.0503. The van der Waals surface area contributed by atoms with E-state index in [1.54, 1.807) is 13.0 Å². The van der Waals surface area contributed by atoms with Gasteiger partial charge in [0.25, 0.3) is 0 Å². The Morgan fingerprint density at radius 1 is 1.00 bits per heavy atom. The van der Waals surface area contributed by atoms with Gasteiger partial charge in [-0.15, -0.1) is 0 Å². The Morgan fingerprint density at radius 3 is 2.41 bits per heavy atom. The minimum atomic E-state index is -1.20. The van der Waals surface area contributed by atoms with E-state index >= 15 is 0 Å². The molecule has 1 unspecified atom stereocenters. The first-order valence-corrected chi connectivity index (χ1v) is 10.6. The molecular weight excluding hydrogens is 377 g/mol. The van der Waals surface area contributed by atoms with Crippen molar-refractivity contribution in [3.63, 3.8) is 0 Å². The van der Waals surface area contributed by atoms with Gasteiger partial charge in [-0.25, -0.2) is 13.2 Å². The van der Waals surface area contributed by atoms with Crippen molar-refractivity contribution < 1.29 is 22.6 Å². The largest absolute Gasteiger partial charge is 0.493 e. The molecule has 0 saturated heterocycles. The van der Waals surface area contributed by atoms with Crippen molar-refractivity contribution in [1.29, 1.82) is 0 Å². The Kier molecular flexibility index (Phi) is 5.75. The summed E-state index contributed by atoms with van der Waals surface area (Å²) in [6, 6.07) is 4.45. The molecule has 4 rings (SSSR count). The molecular formula is C24H27F3O2. The number of halogens is 3. The summed E-state index contributed by atoms with van der Waals surface area (Å²) in [5, 5.41) is -0.101. The van der Waals surface area contributed by atoms with Crippen LogP contribution in [0.25, 0.3) is 16.5 Å². The second-order valence-corrected chi connectivity index (χ2v) is 8.36. The third-order valence-electron chi connectivity index (χ3n) is 6.44. The number of fused-ring (bicyclic) bond motifs is 1.